The molecule has 1 aromatic rings. The number of carbonyl (C=O) groups is 2. The largest absolute Gasteiger partial charge is 0.427 e. The van der Waals surface area contributed by atoms with Gasteiger partial charge in [0, 0.05) is 10.0 Å². The van der Waals surface area contributed by atoms with Crippen LogP contribution in [0.25, 0.3) is 0 Å². The third-order valence-electron chi connectivity index (χ3n) is 1.94. The first-order valence-corrected chi connectivity index (χ1v) is 4.96. The molecule has 0 aromatic heterocycles. The standard InChI is InChI=1S/C10H5Cl2NO3/c1-5-9(14)13(10(15)16-5)8-3-6(11)2-7(12)4-8/h2-4H,1H2. The molecule has 0 bridgehead atoms. The quantitative estimate of drug-likeness (QED) is 0.727. The molecular weight excluding hydrogens is 253 g/mol. The van der Waals surface area contributed by atoms with Gasteiger partial charge in [0.2, 0.25) is 0 Å². The van der Waals surface area contributed by atoms with Crippen molar-refractivity contribution in [3.8, 4) is 0 Å². The summed E-state index contributed by atoms with van der Waals surface area (Å²) in [7, 11) is 0. The van der Waals surface area contributed by atoms with E-state index in [1.807, 2.05) is 0 Å². The van der Waals surface area contributed by atoms with Gasteiger partial charge in [0.1, 0.15) is 0 Å². The summed E-state index contributed by atoms with van der Waals surface area (Å²) in [4.78, 5) is 23.7. The van der Waals surface area contributed by atoms with Crippen LogP contribution in [-0.2, 0) is 9.53 Å². The topological polar surface area (TPSA) is 46.6 Å². The Morgan fingerprint density at radius 2 is 1.69 bits per heavy atom. The highest BCUT2D eigenvalue weighted by atomic mass is 35.5. The Kier molecular flexibility index (Phi) is 2.61. The first-order valence-electron chi connectivity index (χ1n) is 4.20. The third-order valence-corrected chi connectivity index (χ3v) is 2.38. The number of halogens is 2. The van der Waals surface area contributed by atoms with Crippen molar-refractivity contribution in [3.63, 3.8) is 0 Å². The fraction of sp³-hybridized carbons (Fsp3) is 0. The summed E-state index contributed by atoms with van der Waals surface area (Å²) in [5, 5.41) is 0.640. The highest BCUT2D eigenvalue weighted by Gasteiger charge is 2.36. The molecule has 0 saturated carbocycles. The molecule has 2 amide bonds. The average Bonchev–Trinajstić information content (AvgIpc) is 2.39. The van der Waals surface area contributed by atoms with Crippen molar-refractivity contribution in [2.45, 2.75) is 0 Å². The van der Waals surface area contributed by atoms with Gasteiger partial charge in [0.15, 0.2) is 5.76 Å². The van der Waals surface area contributed by atoms with Crippen molar-refractivity contribution in [1.82, 2.24) is 0 Å². The molecule has 1 heterocycles. The van der Waals surface area contributed by atoms with Crippen LogP contribution in [0.3, 0.4) is 0 Å². The zero-order chi connectivity index (χ0) is 11.9. The maximum absolute atomic E-state index is 11.5. The lowest BCUT2D eigenvalue weighted by atomic mass is 10.3. The Hall–Kier alpha value is -1.52. The molecule has 0 N–H and O–H groups in total. The number of imide groups is 1. The van der Waals surface area contributed by atoms with Crippen molar-refractivity contribution < 1.29 is 14.3 Å². The van der Waals surface area contributed by atoms with E-state index >= 15 is 0 Å². The van der Waals surface area contributed by atoms with Crippen LogP contribution < -0.4 is 4.90 Å². The lowest BCUT2D eigenvalue weighted by Gasteiger charge is -2.10. The number of nitrogens with zero attached hydrogens (tertiary/aromatic N) is 1. The van der Waals surface area contributed by atoms with Crippen molar-refractivity contribution in [2.24, 2.45) is 0 Å². The maximum Gasteiger partial charge on any atom is 0.427 e. The van der Waals surface area contributed by atoms with Gasteiger partial charge >= 0.3 is 12.0 Å². The van der Waals surface area contributed by atoms with Crippen LogP contribution in [-0.4, -0.2) is 12.0 Å². The number of anilines is 1. The number of hydrogen-bond donors (Lipinski definition) is 0. The fourth-order valence-electron chi connectivity index (χ4n) is 1.29. The van der Waals surface area contributed by atoms with Gasteiger partial charge in [0.25, 0.3) is 0 Å². The van der Waals surface area contributed by atoms with Gasteiger partial charge < -0.3 is 4.74 Å². The molecule has 0 spiro atoms. The van der Waals surface area contributed by atoms with Gasteiger partial charge in [0.05, 0.1) is 5.69 Å². The lowest BCUT2D eigenvalue weighted by molar-refractivity contribution is -0.114. The summed E-state index contributed by atoms with van der Waals surface area (Å²) < 4.78 is 4.58. The first-order chi connectivity index (χ1) is 7.49. The van der Waals surface area contributed by atoms with Crippen LogP contribution in [0.2, 0.25) is 10.0 Å². The van der Waals surface area contributed by atoms with E-state index in [0.29, 0.717) is 10.0 Å². The van der Waals surface area contributed by atoms with Gasteiger partial charge in [-0.3, -0.25) is 4.79 Å². The molecule has 6 heteroatoms. The number of carbonyl (C=O) groups excluding carboxylic acids is 2. The molecule has 1 saturated heterocycles. The Bertz CT molecular complexity index is 493. The number of amides is 2. The zero-order valence-electron chi connectivity index (χ0n) is 7.87. The van der Waals surface area contributed by atoms with Crippen LogP contribution in [0.1, 0.15) is 0 Å². The molecule has 82 valence electrons. The van der Waals surface area contributed by atoms with Gasteiger partial charge in [-0.15, -0.1) is 0 Å². The van der Waals surface area contributed by atoms with E-state index in [-0.39, 0.29) is 11.4 Å². The molecule has 1 fully saturated rings. The van der Waals surface area contributed by atoms with E-state index in [4.69, 9.17) is 23.2 Å². The number of rotatable bonds is 1. The Labute approximate surface area is 101 Å². The van der Waals surface area contributed by atoms with E-state index in [2.05, 4.69) is 11.3 Å². The van der Waals surface area contributed by atoms with Gasteiger partial charge in [-0.05, 0) is 24.8 Å². The number of ether oxygens (including phenoxy) is 1. The SMILES string of the molecule is C=C1OC(=O)N(c2cc(Cl)cc(Cl)c2)C1=O. The Morgan fingerprint density at radius 3 is 2.12 bits per heavy atom. The molecule has 2 rings (SSSR count). The predicted molar refractivity (Wildman–Crippen MR) is 59.6 cm³/mol. The van der Waals surface area contributed by atoms with Crippen molar-refractivity contribution in [1.29, 1.82) is 0 Å². The maximum atomic E-state index is 11.5. The number of benzene rings is 1. The normalized spacial score (nSPS) is 15.6. The highest BCUT2D eigenvalue weighted by molar-refractivity contribution is 6.35. The molecule has 0 aliphatic carbocycles. The number of cyclic esters (lactones) is 1. The van der Waals surface area contributed by atoms with E-state index in [1.54, 1.807) is 0 Å². The minimum absolute atomic E-state index is 0.221. The van der Waals surface area contributed by atoms with E-state index in [1.165, 1.54) is 18.2 Å². The van der Waals surface area contributed by atoms with Crippen molar-refractivity contribution in [3.05, 3.63) is 40.6 Å². The average molecular weight is 258 g/mol. The molecule has 0 radical (unpaired) electrons. The zero-order valence-corrected chi connectivity index (χ0v) is 9.38. The van der Waals surface area contributed by atoms with E-state index < -0.39 is 12.0 Å². The summed E-state index contributed by atoms with van der Waals surface area (Å²) in [6.07, 6.45) is -0.812. The summed E-state index contributed by atoms with van der Waals surface area (Å²) in [6.45, 7) is 3.31. The van der Waals surface area contributed by atoms with Crippen molar-refractivity contribution >= 4 is 40.9 Å². The monoisotopic (exact) mass is 257 g/mol. The second-order valence-corrected chi connectivity index (χ2v) is 3.93. The molecule has 1 aliphatic rings. The summed E-state index contributed by atoms with van der Waals surface area (Å²) >= 11 is 11.5. The molecular formula is C10H5Cl2NO3. The van der Waals surface area contributed by atoms with Gasteiger partial charge in [-0.1, -0.05) is 23.2 Å². The fourth-order valence-corrected chi connectivity index (χ4v) is 1.81. The Morgan fingerprint density at radius 1 is 1.12 bits per heavy atom. The first kappa shape index (κ1) is 11.0. The minimum Gasteiger partial charge on any atom is -0.404 e. The summed E-state index contributed by atoms with van der Waals surface area (Å²) in [6, 6.07) is 4.36. The van der Waals surface area contributed by atoms with Crippen LogP contribution in [0.4, 0.5) is 10.5 Å². The lowest BCUT2D eigenvalue weighted by Crippen LogP contribution is -2.28. The highest BCUT2D eigenvalue weighted by Crippen LogP contribution is 2.29. The van der Waals surface area contributed by atoms with E-state index in [0.717, 1.165) is 4.90 Å². The van der Waals surface area contributed by atoms with Crippen LogP contribution >= 0.6 is 23.2 Å². The molecule has 0 unspecified atom stereocenters. The summed E-state index contributed by atoms with van der Waals surface area (Å²) in [5.41, 5.74) is 0.256. The Balaban J connectivity index is 2.48. The van der Waals surface area contributed by atoms with Crippen LogP contribution in [0.5, 0.6) is 0 Å². The van der Waals surface area contributed by atoms with Gasteiger partial charge in [-0.2, -0.15) is 0 Å². The van der Waals surface area contributed by atoms with Crippen molar-refractivity contribution in [2.75, 3.05) is 4.90 Å². The molecule has 16 heavy (non-hydrogen) atoms. The van der Waals surface area contributed by atoms with Crippen LogP contribution in [0, 0.1) is 0 Å². The second kappa shape index (κ2) is 3.81. The molecule has 1 aliphatic heterocycles. The molecule has 4 nitrogen and oxygen atoms in total. The van der Waals surface area contributed by atoms with Gasteiger partial charge in [-0.25, -0.2) is 9.69 Å². The van der Waals surface area contributed by atoms with E-state index in [9.17, 15) is 9.59 Å². The summed E-state index contributed by atoms with van der Waals surface area (Å²) in [5.74, 6) is -0.843. The minimum atomic E-state index is -0.812. The third kappa shape index (κ3) is 1.77. The van der Waals surface area contributed by atoms with Crippen LogP contribution in [0.15, 0.2) is 30.5 Å². The number of hydrogen-bond acceptors (Lipinski definition) is 3. The second-order valence-electron chi connectivity index (χ2n) is 3.06. The smallest absolute Gasteiger partial charge is 0.404 e. The molecule has 1 aromatic carbocycles. The predicted octanol–water partition coefficient (Wildman–Crippen LogP) is 2.99. The molecule has 0 atom stereocenters.